The Kier molecular flexibility index (Phi) is 10.0. The number of likely N-dealkylation sites (tertiary alicyclic amines) is 1. The molecular weight excluding hydrogens is 801 g/mol. The molecule has 324 valence electrons. The average Bonchev–Trinajstić information content (AvgIpc) is 4.14. The van der Waals surface area contributed by atoms with E-state index < -0.39 is 36.8 Å². The molecule has 62 heavy (non-hydrogen) atoms. The van der Waals surface area contributed by atoms with E-state index in [1.54, 1.807) is 29.1 Å². The zero-order valence-corrected chi connectivity index (χ0v) is 34.0. The number of nitrogens with zero attached hydrogens (tertiary/aromatic N) is 9. The number of halogens is 2. The van der Waals surface area contributed by atoms with Gasteiger partial charge in [-0.3, -0.25) is 29.1 Å². The van der Waals surface area contributed by atoms with E-state index in [0.717, 1.165) is 81.6 Å². The Labute approximate surface area is 360 Å². The Morgan fingerprint density at radius 1 is 1.10 bits per heavy atom. The predicted octanol–water partition coefficient (Wildman–Crippen LogP) is 4.76. The van der Waals surface area contributed by atoms with Crippen LogP contribution in [0.1, 0.15) is 108 Å². The maximum absolute atomic E-state index is 14.3. The number of piperidine rings is 2. The van der Waals surface area contributed by atoms with Crippen LogP contribution in [-0.4, -0.2) is 114 Å². The molecule has 4 saturated heterocycles. The number of carbonyl (C=O) groups is 3. The van der Waals surface area contributed by atoms with E-state index in [-0.39, 0.29) is 60.9 Å². The van der Waals surface area contributed by atoms with Gasteiger partial charge in [0.15, 0.2) is 11.3 Å². The van der Waals surface area contributed by atoms with Gasteiger partial charge in [0.1, 0.15) is 18.0 Å². The minimum Gasteiger partial charge on any atom is -0.374 e. The zero-order chi connectivity index (χ0) is 45.0. The van der Waals surface area contributed by atoms with Gasteiger partial charge >= 0.3 is 0 Å². The summed E-state index contributed by atoms with van der Waals surface area (Å²) in [6.45, 7) is 1.59. The third kappa shape index (κ3) is 7.93. The van der Waals surface area contributed by atoms with Gasteiger partial charge in [0.2, 0.25) is 11.8 Å². The molecule has 1 aliphatic carbocycles. The highest BCUT2D eigenvalue weighted by Gasteiger charge is 2.40. The first kappa shape index (κ1) is 36.8. The van der Waals surface area contributed by atoms with Crippen LogP contribution in [0.15, 0.2) is 42.9 Å². The summed E-state index contributed by atoms with van der Waals surface area (Å²) >= 11 is 0. The molecule has 2 N–H and O–H groups in total. The highest BCUT2D eigenvalue weighted by Crippen LogP contribution is 2.37. The highest BCUT2D eigenvalue weighted by atomic mass is 19.3. The van der Waals surface area contributed by atoms with Crippen LogP contribution in [0.5, 0.6) is 0 Å². The number of rotatable bonds is 10. The van der Waals surface area contributed by atoms with Crippen LogP contribution < -0.4 is 15.5 Å². The number of fused-ring (bicyclic) bond motifs is 4. The molecule has 5 aliphatic rings. The molecule has 16 nitrogen and oxygen atoms in total. The lowest BCUT2D eigenvalue weighted by atomic mass is 9.85. The number of para-hydroxylation sites is 1. The topological polar surface area (TPSA) is 166 Å². The standard InChI is InChI=1S/C44H49F2N11O5/c1-53-40-27(4-2-6-32(40)38(51-53)33-11-12-37(58)50-43(33)59)5-3-19-61-30-13-16-54(17-14-30)22-26-7-9-28(10-8-26)57-24-35(39(52-57)41(45)46)48-44(60)34-21-47-56-18-15-36(49-42(34)56)55-23-31-20-29(55)25-62-31/h2,4,6,15,18,21,24,26,28-31,33,41H,7-14,16-17,19-20,22-23,25H2,1H3,(H,48,60)(H,50,58,59)/t26-,28-,29-,31-,33?/m1/s1/i1D3. The van der Waals surface area contributed by atoms with Crippen molar-refractivity contribution in [2.24, 2.45) is 12.9 Å². The quantitative estimate of drug-likeness (QED) is 0.147. The van der Waals surface area contributed by atoms with E-state index in [9.17, 15) is 23.2 Å². The number of alkyl halides is 2. The minimum absolute atomic E-state index is 0.0216. The summed E-state index contributed by atoms with van der Waals surface area (Å²) in [7, 11) is 0. The number of carbonyl (C=O) groups excluding carboxylic acids is 3. The van der Waals surface area contributed by atoms with Crippen LogP contribution in [0.2, 0.25) is 0 Å². The Hall–Kier alpha value is -5.77. The van der Waals surface area contributed by atoms with Crippen molar-refractivity contribution in [2.75, 3.05) is 49.6 Å². The van der Waals surface area contributed by atoms with Gasteiger partial charge in [0.25, 0.3) is 12.3 Å². The zero-order valence-electron chi connectivity index (χ0n) is 37.0. The number of ether oxygens (including phenoxy) is 2. The fraction of sp³-hybridized carbons (Fsp3) is 0.523. The van der Waals surface area contributed by atoms with E-state index in [4.69, 9.17) is 18.6 Å². The maximum atomic E-state index is 14.3. The molecule has 4 aromatic heterocycles. The smallest absolute Gasteiger partial charge is 0.284 e. The summed E-state index contributed by atoms with van der Waals surface area (Å²) in [6, 6.07) is 7.22. The van der Waals surface area contributed by atoms with Crippen molar-refractivity contribution in [1.29, 1.82) is 0 Å². The first-order valence-electron chi connectivity index (χ1n) is 23.0. The largest absolute Gasteiger partial charge is 0.374 e. The number of aromatic nitrogens is 7. The highest BCUT2D eigenvalue weighted by molar-refractivity contribution is 6.08. The van der Waals surface area contributed by atoms with Crippen molar-refractivity contribution in [3.8, 4) is 11.8 Å². The second kappa shape index (κ2) is 16.8. The number of benzene rings is 1. The molecule has 8 heterocycles. The Morgan fingerprint density at radius 3 is 2.71 bits per heavy atom. The lowest BCUT2D eigenvalue weighted by Gasteiger charge is -2.36. The molecule has 2 bridgehead atoms. The Morgan fingerprint density at radius 2 is 1.95 bits per heavy atom. The summed E-state index contributed by atoms with van der Waals surface area (Å²) in [5, 5.41) is 18.4. The van der Waals surface area contributed by atoms with Gasteiger partial charge in [-0.2, -0.15) is 15.3 Å². The molecule has 10 rings (SSSR count). The summed E-state index contributed by atoms with van der Waals surface area (Å²) in [4.78, 5) is 47.3. The third-order valence-electron chi connectivity index (χ3n) is 13.2. The summed E-state index contributed by atoms with van der Waals surface area (Å²) in [5.74, 6) is 5.12. The molecule has 1 aromatic carbocycles. The first-order chi connectivity index (χ1) is 31.4. The van der Waals surface area contributed by atoms with Gasteiger partial charge < -0.3 is 24.6 Å². The number of amides is 3. The molecule has 3 amide bonds. The summed E-state index contributed by atoms with van der Waals surface area (Å²) in [5.41, 5.74) is 1.12. The molecule has 18 heteroatoms. The molecule has 4 aliphatic heterocycles. The maximum Gasteiger partial charge on any atom is 0.284 e. The normalized spacial score (nSPS) is 25.5. The van der Waals surface area contributed by atoms with Crippen LogP contribution >= 0.6 is 0 Å². The van der Waals surface area contributed by atoms with Gasteiger partial charge in [-0.15, -0.1) is 0 Å². The van der Waals surface area contributed by atoms with E-state index in [1.807, 2.05) is 6.07 Å². The molecular formula is C44H49F2N11O5. The number of nitrogens with one attached hydrogen (secondary N) is 2. The van der Waals surface area contributed by atoms with E-state index in [0.29, 0.717) is 40.3 Å². The number of hydrogen-bond donors (Lipinski definition) is 2. The summed E-state index contributed by atoms with van der Waals surface area (Å²) in [6.07, 6.45) is 8.41. The Bertz CT molecular complexity index is 2690. The molecule has 3 atom stereocenters. The van der Waals surface area contributed by atoms with Gasteiger partial charge in [-0.05, 0) is 69.4 Å². The average molecular weight is 853 g/mol. The first-order valence-corrected chi connectivity index (χ1v) is 21.5. The monoisotopic (exact) mass is 852 g/mol. The van der Waals surface area contributed by atoms with Crippen molar-refractivity contribution in [3.05, 3.63) is 65.4 Å². The van der Waals surface area contributed by atoms with Crippen molar-refractivity contribution >= 4 is 45.8 Å². The fourth-order valence-electron chi connectivity index (χ4n) is 9.91. The molecule has 1 saturated carbocycles. The van der Waals surface area contributed by atoms with Crippen LogP contribution in [0, 0.1) is 17.8 Å². The second-order valence-corrected chi connectivity index (χ2v) is 17.1. The second-order valence-electron chi connectivity index (χ2n) is 17.1. The van der Waals surface area contributed by atoms with Crippen molar-refractivity contribution in [1.82, 2.24) is 44.4 Å². The number of imide groups is 1. The van der Waals surface area contributed by atoms with E-state index in [2.05, 4.69) is 47.6 Å². The van der Waals surface area contributed by atoms with Gasteiger partial charge in [0.05, 0.1) is 65.5 Å². The number of hydrogen-bond acceptors (Lipinski definition) is 11. The van der Waals surface area contributed by atoms with Crippen molar-refractivity contribution in [3.63, 3.8) is 0 Å². The number of aryl methyl sites for hydroxylation is 1. The minimum atomic E-state index is -2.88. The van der Waals surface area contributed by atoms with Crippen LogP contribution in [0.25, 0.3) is 16.6 Å². The molecule has 5 fully saturated rings. The molecule has 1 unspecified atom stereocenters. The van der Waals surface area contributed by atoms with Crippen molar-refractivity contribution in [2.45, 2.75) is 94.4 Å². The molecule has 0 radical (unpaired) electrons. The van der Waals surface area contributed by atoms with Crippen LogP contribution in [-0.2, 0) is 26.0 Å². The van der Waals surface area contributed by atoms with Gasteiger partial charge in [-0.1, -0.05) is 24.0 Å². The van der Waals surface area contributed by atoms with E-state index >= 15 is 0 Å². The predicted molar refractivity (Wildman–Crippen MR) is 223 cm³/mol. The molecule has 5 aromatic rings. The lowest BCUT2D eigenvalue weighted by Crippen LogP contribution is -2.40. The van der Waals surface area contributed by atoms with E-state index in [1.165, 1.54) is 16.9 Å². The van der Waals surface area contributed by atoms with Gasteiger partial charge in [-0.25, -0.2) is 18.3 Å². The lowest BCUT2D eigenvalue weighted by molar-refractivity contribution is -0.134. The Balaban J connectivity index is 0.707. The fourth-order valence-corrected chi connectivity index (χ4v) is 9.91. The van der Waals surface area contributed by atoms with Gasteiger partial charge in [0, 0.05) is 61.5 Å². The SMILES string of the molecule is [2H]C([2H])([2H])n1nc(C2CCC(=O)NC2=O)c2cccc(C#CCOC3CCN(C[C@H]4CC[C@H](n5cc(NC(=O)c6cnn7ccc(N8C[C@H]9C[C@@H]8CO9)nc67)c(C(F)F)n5)CC4)CC3)c21. The van der Waals surface area contributed by atoms with Crippen molar-refractivity contribution < 1.29 is 36.8 Å². The van der Waals surface area contributed by atoms with Crippen LogP contribution in [0.4, 0.5) is 20.3 Å². The number of anilines is 2. The summed E-state index contributed by atoms with van der Waals surface area (Å²) < 4.78 is 68.9. The number of morpholine rings is 1. The molecule has 0 spiro atoms. The van der Waals surface area contributed by atoms with Crippen LogP contribution in [0.3, 0.4) is 0 Å². The third-order valence-corrected chi connectivity index (χ3v) is 13.2.